The SMILES string of the molecule is Cc1ccc(SCC(=O)Nc2sc3c(c2C#N)CC[C@H](C(C)(C)C)C3)cc1. The number of carbonyl (C=O) groups excluding carboxylic acids is 1. The van der Waals surface area contributed by atoms with Crippen LogP contribution in [0.25, 0.3) is 0 Å². The van der Waals surface area contributed by atoms with Gasteiger partial charge in [0.1, 0.15) is 11.1 Å². The highest BCUT2D eigenvalue weighted by Gasteiger charge is 2.32. The first-order chi connectivity index (χ1) is 12.8. The van der Waals surface area contributed by atoms with Crippen LogP contribution in [0.2, 0.25) is 0 Å². The van der Waals surface area contributed by atoms with Gasteiger partial charge < -0.3 is 5.32 Å². The lowest BCUT2D eigenvalue weighted by molar-refractivity contribution is -0.113. The minimum Gasteiger partial charge on any atom is -0.316 e. The largest absolute Gasteiger partial charge is 0.316 e. The van der Waals surface area contributed by atoms with E-state index in [1.165, 1.54) is 22.2 Å². The summed E-state index contributed by atoms with van der Waals surface area (Å²) in [5, 5.41) is 13.4. The molecular weight excluding hydrogens is 372 g/mol. The van der Waals surface area contributed by atoms with Gasteiger partial charge in [-0.15, -0.1) is 23.1 Å². The molecule has 0 spiro atoms. The second kappa shape index (κ2) is 8.08. The van der Waals surface area contributed by atoms with Gasteiger partial charge in [-0.3, -0.25) is 4.79 Å². The Morgan fingerprint density at radius 3 is 2.67 bits per heavy atom. The molecule has 1 atom stereocenters. The lowest BCUT2D eigenvalue weighted by Gasteiger charge is -2.33. The monoisotopic (exact) mass is 398 g/mol. The maximum Gasteiger partial charge on any atom is 0.235 e. The molecule has 1 aromatic carbocycles. The van der Waals surface area contributed by atoms with Crippen LogP contribution in [-0.4, -0.2) is 11.7 Å². The van der Waals surface area contributed by atoms with Crippen molar-refractivity contribution in [1.82, 2.24) is 0 Å². The van der Waals surface area contributed by atoms with Crippen LogP contribution in [0.3, 0.4) is 0 Å². The molecule has 1 N–H and O–H groups in total. The van der Waals surface area contributed by atoms with Crippen molar-refractivity contribution in [3.63, 3.8) is 0 Å². The minimum absolute atomic E-state index is 0.0527. The predicted octanol–water partition coefficient (Wildman–Crippen LogP) is 5.81. The molecule has 2 aromatic rings. The summed E-state index contributed by atoms with van der Waals surface area (Å²) in [7, 11) is 0. The Hall–Kier alpha value is -1.77. The van der Waals surface area contributed by atoms with Gasteiger partial charge in [-0.1, -0.05) is 38.5 Å². The highest BCUT2D eigenvalue weighted by molar-refractivity contribution is 8.00. The second-order valence-electron chi connectivity index (χ2n) is 8.28. The molecular formula is C22H26N2OS2. The van der Waals surface area contributed by atoms with E-state index >= 15 is 0 Å². The Bertz CT molecular complexity index is 869. The highest BCUT2D eigenvalue weighted by Crippen LogP contribution is 2.44. The van der Waals surface area contributed by atoms with E-state index in [0.717, 1.165) is 34.7 Å². The maximum atomic E-state index is 12.4. The van der Waals surface area contributed by atoms with Crippen LogP contribution >= 0.6 is 23.1 Å². The third-order valence-electron chi connectivity index (χ3n) is 5.25. The molecule has 3 rings (SSSR count). The molecule has 0 radical (unpaired) electrons. The summed E-state index contributed by atoms with van der Waals surface area (Å²) in [4.78, 5) is 14.8. The lowest BCUT2D eigenvalue weighted by Crippen LogP contribution is -2.26. The van der Waals surface area contributed by atoms with Crippen LogP contribution in [0.4, 0.5) is 5.00 Å². The molecule has 1 aromatic heterocycles. The fraction of sp³-hybridized carbons (Fsp3) is 0.455. The average Bonchev–Trinajstić information content (AvgIpc) is 2.96. The van der Waals surface area contributed by atoms with Crippen LogP contribution in [0.15, 0.2) is 29.2 Å². The van der Waals surface area contributed by atoms with Crippen LogP contribution in [0, 0.1) is 29.6 Å². The molecule has 0 bridgehead atoms. The van der Waals surface area contributed by atoms with E-state index in [0.29, 0.717) is 17.2 Å². The van der Waals surface area contributed by atoms with Crippen molar-refractivity contribution in [3.05, 3.63) is 45.8 Å². The fourth-order valence-corrected chi connectivity index (χ4v) is 5.47. The van der Waals surface area contributed by atoms with Crippen LogP contribution in [-0.2, 0) is 17.6 Å². The number of amides is 1. The number of carbonyl (C=O) groups is 1. The van der Waals surface area contributed by atoms with Gasteiger partial charge in [0.15, 0.2) is 0 Å². The highest BCUT2D eigenvalue weighted by atomic mass is 32.2. The van der Waals surface area contributed by atoms with Crippen molar-refractivity contribution in [2.24, 2.45) is 11.3 Å². The number of thioether (sulfide) groups is 1. The van der Waals surface area contributed by atoms with E-state index in [9.17, 15) is 10.1 Å². The number of anilines is 1. The van der Waals surface area contributed by atoms with Crippen molar-refractivity contribution < 1.29 is 4.79 Å². The van der Waals surface area contributed by atoms with E-state index < -0.39 is 0 Å². The predicted molar refractivity (Wildman–Crippen MR) is 115 cm³/mol. The van der Waals surface area contributed by atoms with Crippen LogP contribution in [0.5, 0.6) is 0 Å². The first kappa shape index (κ1) is 20.0. The zero-order valence-corrected chi connectivity index (χ0v) is 18.0. The van der Waals surface area contributed by atoms with Gasteiger partial charge in [0.2, 0.25) is 5.91 Å². The molecule has 1 heterocycles. The number of benzene rings is 1. The maximum absolute atomic E-state index is 12.4. The fourth-order valence-electron chi connectivity index (χ4n) is 3.48. The Balaban J connectivity index is 1.68. The summed E-state index contributed by atoms with van der Waals surface area (Å²) < 4.78 is 0. The van der Waals surface area contributed by atoms with E-state index in [4.69, 9.17) is 0 Å². The number of hydrogen-bond donors (Lipinski definition) is 1. The molecule has 0 unspecified atom stereocenters. The van der Waals surface area contributed by atoms with Crippen molar-refractivity contribution in [2.45, 2.75) is 51.9 Å². The third kappa shape index (κ3) is 4.75. The van der Waals surface area contributed by atoms with E-state index in [1.54, 1.807) is 11.3 Å². The van der Waals surface area contributed by atoms with E-state index in [2.05, 4.69) is 32.2 Å². The normalized spacial score (nSPS) is 16.5. The molecule has 1 amide bonds. The molecule has 3 nitrogen and oxygen atoms in total. The quantitative estimate of drug-likeness (QED) is 0.661. The number of aryl methyl sites for hydroxylation is 1. The van der Waals surface area contributed by atoms with Crippen LogP contribution < -0.4 is 5.32 Å². The molecule has 142 valence electrons. The van der Waals surface area contributed by atoms with E-state index in [1.807, 2.05) is 31.2 Å². The summed E-state index contributed by atoms with van der Waals surface area (Å²) in [6.07, 6.45) is 3.05. The molecule has 1 aliphatic rings. The van der Waals surface area contributed by atoms with Gasteiger partial charge in [0, 0.05) is 9.77 Å². The minimum atomic E-state index is -0.0527. The smallest absolute Gasteiger partial charge is 0.235 e. The van der Waals surface area contributed by atoms with Gasteiger partial charge >= 0.3 is 0 Å². The first-order valence-corrected chi connectivity index (χ1v) is 11.1. The van der Waals surface area contributed by atoms with Crippen LogP contribution in [0.1, 0.15) is 48.8 Å². The van der Waals surface area contributed by atoms with Crippen molar-refractivity contribution >= 4 is 34.0 Å². The molecule has 5 heteroatoms. The number of hydrogen-bond acceptors (Lipinski definition) is 4. The van der Waals surface area contributed by atoms with E-state index in [-0.39, 0.29) is 11.3 Å². The average molecular weight is 399 g/mol. The number of nitrogens with one attached hydrogen (secondary N) is 1. The summed E-state index contributed by atoms with van der Waals surface area (Å²) in [6.45, 7) is 8.90. The van der Waals surface area contributed by atoms with Gasteiger partial charge in [-0.05, 0) is 55.2 Å². The number of thiophene rings is 1. The van der Waals surface area contributed by atoms with Gasteiger partial charge in [-0.25, -0.2) is 0 Å². The summed E-state index contributed by atoms with van der Waals surface area (Å²) >= 11 is 3.11. The van der Waals surface area contributed by atoms with Gasteiger partial charge in [0.05, 0.1) is 11.3 Å². The Morgan fingerprint density at radius 2 is 2.04 bits per heavy atom. The molecule has 0 fully saturated rings. The summed E-state index contributed by atoms with van der Waals surface area (Å²) in [5.41, 5.74) is 3.31. The van der Waals surface area contributed by atoms with Crippen molar-refractivity contribution in [1.29, 1.82) is 5.26 Å². The Morgan fingerprint density at radius 1 is 1.33 bits per heavy atom. The Kier molecular flexibility index (Phi) is 5.98. The molecule has 0 saturated heterocycles. The number of fused-ring (bicyclic) bond motifs is 1. The zero-order chi connectivity index (χ0) is 19.6. The first-order valence-electron chi connectivity index (χ1n) is 9.32. The second-order valence-corrected chi connectivity index (χ2v) is 10.4. The van der Waals surface area contributed by atoms with Gasteiger partial charge in [-0.2, -0.15) is 5.26 Å². The molecule has 1 aliphatic carbocycles. The van der Waals surface area contributed by atoms with Crippen molar-refractivity contribution in [2.75, 3.05) is 11.1 Å². The Labute approximate surface area is 170 Å². The third-order valence-corrected chi connectivity index (χ3v) is 7.43. The number of nitrogens with zero attached hydrogens (tertiary/aromatic N) is 1. The van der Waals surface area contributed by atoms with Gasteiger partial charge in [0.25, 0.3) is 0 Å². The number of nitriles is 1. The summed E-state index contributed by atoms with van der Waals surface area (Å²) in [6, 6.07) is 10.5. The molecule has 0 aliphatic heterocycles. The standard InChI is InChI=1S/C22H26N2OS2/c1-14-5-8-16(9-6-14)26-13-20(25)24-21-18(12-23)17-10-7-15(22(2,3)4)11-19(17)27-21/h5-6,8-9,15H,7,10-11,13H2,1-4H3,(H,24,25)/t15-/m0/s1. The lowest BCUT2D eigenvalue weighted by atomic mass is 9.72. The summed E-state index contributed by atoms with van der Waals surface area (Å²) in [5.74, 6) is 0.917. The molecule has 27 heavy (non-hydrogen) atoms. The zero-order valence-electron chi connectivity index (χ0n) is 16.4. The molecule has 0 saturated carbocycles. The van der Waals surface area contributed by atoms with Crippen molar-refractivity contribution in [3.8, 4) is 6.07 Å². The number of rotatable bonds is 4. The topological polar surface area (TPSA) is 52.9 Å².